The van der Waals surface area contributed by atoms with Crippen LogP contribution in [0.3, 0.4) is 0 Å². The average molecular weight is 424 g/mol. The molecule has 0 spiro atoms. The van der Waals surface area contributed by atoms with Crippen LogP contribution in [0.2, 0.25) is 0 Å². The van der Waals surface area contributed by atoms with Gasteiger partial charge in [-0.3, -0.25) is 4.79 Å². The van der Waals surface area contributed by atoms with Crippen LogP contribution >= 0.6 is 11.3 Å². The Balaban J connectivity index is 1.75. The normalized spacial score (nSPS) is 13.7. The van der Waals surface area contributed by atoms with E-state index >= 15 is 0 Å². The van der Waals surface area contributed by atoms with Crippen molar-refractivity contribution in [3.05, 3.63) is 52.7 Å². The van der Waals surface area contributed by atoms with E-state index in [4.69, 9.17) is 0 Å². The van der Waals surface area contributed by atoms with Gasteiger partial charge in [-0.15, -0.1) is 11.3 Å². The fraction of sp³-hybridized carbons (Fsp3) is 0.222. The van der Waals surface area contributed by atoms with Gasteiger partial charge in [0.25, 0.3) is 0 Å². The molecule has 1 unspecified atom stereocenters. The van der Waals surface area contributed by atoms with Gasteiger partial charge >= 0.3 is 6.18 Å². The van der Waals surface area contributed by atoms with Gasteiger partial charge in [0, 0.05) is 16.6 Å². The highest BCUT2D eigenvalue weighted by Gasteiger charge is 2.58. The summed E-state index contributed by atoms with van der Waals surface area (Å²) in [6.07, 6.45) is -3.93. The van der Waals surface area contributed by atoms with Gasteiger partial charge in [0.1, 0.15) is 10.8 Å². The van der Waals surface area contributed by atoms with Gasteiger partial charge in [0.15, 0.2) is 5.82 Å². The summed E-state index contributed by atoms with van der Waals surface area (Å²) in [6, 6.07) is 6.17. The molecule has 3 rings (SSSR count). The maximum absolute atomic E-state index is 13.5. The lowest BCUT2D eigenvalue weighted by Gasteiger charge is -2.27. The van der Waals surface area contributed by atoms with Crippen LogP contribution in [-0.2, 0) is 10.4 Å². The van der Waals surface area contributed by atoms with Crippen LogP contribution in [-0.4, -0.2) is 37.2 Å². The zero-order valence-electron chi connectivity index (χ0n) is 14.9. The van der Waals surface area contributed by atoms with Crippen LogP contribution in [0, 0.1) is 6.92 Å². The number of rotatable bonds is 5. The summed E-state index contributed by atoms with van der Waals surface area (Å²) in [5.74, 6) is -0.803. The fourth-order valence-corrected chi connectivity index (χ4v) is 3.38. The molecule has 0 aliphatic rings. The second kappa shape index (κ2) is 7.76. The number of halogens is 3. The van der Waals surface area contributed by atoms with Gasteiger partial charge in [0.05, 0.1) is 24.5 Å². The third kappa shape index (κ3) is 4.51. The number of alkyl halides is 3. The topological polar surface area (TPSA) is 108 Å². The number of nitrogens with one attached hydrogen (secondary N) is 1. The summed E-state index contributed by atoms with van der Waals surface area (Å²) in [5, 5.41) is 22.7. The minimum absolute atomic E-state index is 0.0207. The van der Waals surface area contributed by atoms with Crippen molar-refractivity contribution in [1.29, 1.82) is 0 Å². The number of amides is 1. The number of aromatic nitrogens is 3. The van der Waals surface area contributed by atoms with Crippen LogP contribution in [0.25, 0.3) is 11.4 Å². The van der Waals surface area contributed by atoms with Crippen molar-refractivity contribution in [2.75, 3.05) is 5.32 Å². The number of hydrogen-bond acceptors (Lipinski definition) is 7. The van der Waals surface area contributed by atoms with Gasteiger partial charge in [-0.2, -0.15) is 13.2 Å². The third-order valence-corrected chi connectivity index (χ3v) is 5.01. The standard InChI is InChI=1S/C18H15F3N4O3S/c1-10-9-29-16(24-10)17(28,18(19,20)21)6-14(27)25-12-7-22-15(23-8-12)11-3-2-4-13(26)5-11/h2-5,7-9,26,28H,6H2,1H3,(H,25,27). The quantitative estimate of drug-likeness (QED) is 0.580. The Labute approximate surface area is 166 Å². The molecule has 0 saturated carbocycles. The van der Waals surface area contributed by atoms with Crippen molar-refractivity contribution in [2.45, 2.75) is 25.1 Å². The molecule has 3 aromatic rings. The number of carbonyl (C=O) groups is 1. The number of nitrogens with zero attached hydrogens (tertiary/aromatic N) is 3. The Morgan fingerprint density at radius 2 is 1.93 bits per heavy atom. The lowest BCUT2D eigenvalue weighted by Crippen LogP contribution is -2.45. The van der Waals surface area contributed by atoms with Crippen LogP contribution in [0.5, 0.6) is 5.75 Å². The van der Waals surface area contributed by atoms with Crippen molar-refractivity contribution in [2.24, 2.45) is 0 Å². The smallest absolute Gasteiger partial charge is 0.424 e. The number of anilines is 1. The molecule has 152 valence electrons. The number of carbonyl (C=O) groups excluding carboxylic acids is 1. The van der Waals surface area contributed by atoms with Gasteiger partial charge in [0.2, 0.25) is 11.5 Å². The second-order valence-corrected chi connectivity index (χ2v) is 7.08. The summed E-state index contributed by atoms with van der Waals surface area (Å²) in [5.41, 5.74) is -2.52. The van der Waals surface area contributed by atoms with E-state index in [0.717, 1.165) is 0 Å². The van der Waals surface area contributed by atoms with E-state index in [9.17, 15) is 28.2 Å². The molecule has 0 aliphatic heterocycles. The predicted octanol–water partition coefficient (Wildman–Crippen LogP) is 3.39. The van der Waals surface area contributed by atoms with Crippen LogP contribution in [0.15, 0.2) is 42.0 Å². The van der Waals surface area contributed by atoms with E-state index in [0.29, 0.717) is 22.6 Å². The molecule has 2 heterocycles. The highest BCUT2D eigenvalue weighted by molar-refractivity contribution is 7.09. The number of phenolic OH excluding ortho intramolecular Hbond substituents is 1. The van der Waals surface area contributed by atoms with Gasteiger partial charge < -0.3 is 15.5 Å². The number of aryl methyl sites for hydroxylation is 1. The zero-order chi connectivity index (χ0) is 21.2. The molecule has 0 fully saturated rings. The summed E-state index contributed by atoms with van der Waals surface area (Å²) in [7, 11) is 0. The van der Waals surface area contributed by atoms with Crippen molar-refractivity contribution in [1.82, 2.24) is 15.0 Å². The summed E-state index contributed by atoms with van der Waals surface area (Å²) in [4.78, 5) is 23.9. The molecule has 0 aliphatic carbocycles. The van der Waals surface area contributed by atoms with E-state index in [2.05, 4.69) is 20.3 Å². The van der Waals surface area contributed by atoms with E-state index < -0.39 is 29.1 Å². The summed E-state index contributed by atoms with van der Waals surface area (Å²) < 4.78 is 40.4. The zero-order valence-corrected chi connectivity index (χ0v) is 15.8. The maximum Gasteiger partial charge on any atom is 0.424 e. The van der Waals surface area contributed by atoms with Crippen molar-refractivity contribution in [3.8, 4) is 17.1 Å². The molecule has 2 aromatic heterocycles. The second-order valence-electron chi connectivity index (χ2n) is 6.22. The fourth-order valence-electron chi connectivity index (χ4n) is 2.47. The minimum Gasteiger partial charge on any atom is -0.508 e. The van der Waals surface area contributed by atoms with Crippen molar-refractivity contribution < 1.29 is 28.2 Å². The van der Waals surface area contributed by atoms with E-state index in [1.54, 1.807) is 12.1 Å². The molecule has 0 radical (unpaired) electrons. The summed E-state index contributed by atoms with van der Waals surface area (Å²) >= 11 is 0.626. The van der Waals surface area contributed by atoms with Crippen LogP contribution in [0.4, 0.5) is 18.9 Å². The number of aliphatic hydroxyl groups is 1. The highest BCUT2D eigenvalue weighted by Crippen LogP contribution is 2.43. The first-order valence-corrected chi connectivity index (χ1v) is 9.09. The first kappa shape index (κ1) is 20.7. The lowest BCUT2D eigenvalue weighted by atomic mass is 9.99. The molecule has 1 amide bonds. The Bertz CT molecular complexity index is 1020. The van der Waals surface area contributed by atoms with Crippen LogP contribution in [0.1, 0.15) is 17.1 Å². The summed E-state index contributed by atoms with van der Waals surface area (Å²) in [6.45, 7) is 1.49. The number of phenols is 1. The number of hydrogen-bond donors (Lipinski definition) is 3. The number of aromatic hydroxyl groups is 1. The molecule has 11 heteroatoms. The molecule has 1 aromatic carbocycles. The van der Waals surface area contributed by atoms with Crippen LogP contribution < -0.4 is 5.32 Å². The number of benzene rings is 1. The Morgan fingerprint density at radius 1 is 1.24 bits per heavy atom. The molecule has 0 bridgehead atoms. The molecular weight excluding hydrogens is 409 g/mol. The first-order chi connectivity index (χ1) is 13.6. The minimum atomic E-state index is -5.09. The molecular formula is C18H15F3N4O3S. The van der Waals surface area contributed by atoms with Gasteiger partial charge in [-0.1, -0.05) is 12.1 Å². The van der Waals surface area contributed by atoms with E-state index in [1.807, 2.05) is 0 Å². The van der Waals surface area contributed by atoms with E-state index in [1.165, 1.54) is 36.8 Å². The molecule has 7 nitrogen and oxygen atoms in total. The Hall–Kier alpha value is -3.05. The van der Waals surface area contributed by atoms with Gasteiger partial charge in [-0.05, 0) is 19.1 Å². The Morgan fingerprint density at radius 3 is 2.48 bits per heavy atom. The predicted molar refractivity (Wildman–Crippen MR) is 99.2 cm³/mol. The SMILES string of the molecule is Cc1csc(C(O)(CC(=O)Nc2cnc(-c3cccc(O)c3)nc2)C(F)(F)F)n1. The van der Waals surface area contributed by atoms with Gasteiger partial charge in [-0.25, -0.2) is 15.0 Å². The third-order valence-electron chi connectivity index (χ3n) is 3.90. The van der Waals surface area contributed by atoms with E-state index in [-0.39, 0.29) is 17.3 Å². The average Bonchev–Trinajstić information content (AvgIpc) is 3.08. The lowest BCUT2D eigenvalue weighted by molar-refractivity contribution is -0.266. The highest BCUT2D eigenvalue weighted by atomic mass is 32.1. The molecule has 29 heavy (non-hydrogen) atoms. The maximum atomic E-state index is 13.5. The molecule has 0 saturated heterocycles. The molecule has 3 N–H and O–H groups in total. The van der Waals surface area contributed by atoms with Crippen molar-refractivity contribution >= 4 is 22.9 Å². The Kier molecular flexibility index (Phi) is 5.53. The number of thiazole rings is 1. The first-order valence-electron chi connectivity index (χ1n) is 8.21. The molecule has 1 atom stereocenters. The largest absolute Gasteiger partial charge is 0.508 e. The van der Waals surface area contributed by atoms with Crippen molar-refractivity contribution in [3.63, 3.8) is 0 Å². The monoisotopic (exact) mass is 424 g/mol.